The van der Waals surface area contributed by atoms with Crippen LogP contribution in [0.1, 0.15) is 22.5 Å². The Hall–Kier alpha value is -1.61. The summed E-state index contributed by atoms with van der Waals surface area (Å²) in [5.41, 5.74) is 0. The van der Waals surface area contributed by atoms with E-state index in [-0.39, 0.29) is 30.9 Å². The number of thiophene rings is 1. The van der Waals surface area contributed by atoms with E-state index in [1.54, 1.807) is 11.0 Å². The molecule has 0 saturated carbocycles. The molecule has 1 aliphatic rings. The van der Waals surface area contributed by atoms with Gasteiger partial charge in [-0.2, -0.15) is 13.2 Å². The minimum absolute atomic E-state index is 0.0237. The zero-order valence-corrected chi connectivity index (χ0v) is 13.8. The highest BCUT2D eigenvalue weighted by atomic mass is 32.1. The highest BCUT2D eigenvalue weighted by molar-refractivity contribution is 7.12. The van der Waals surface area contributed by atoms with Crippen molar-refractivity contribution in [3.63, 3.8) is 0 Å². The summed E-state index contributed by atoms with van der Waals surface area (Å²) in [6.45, 7) is -0.449. The van der Waals surface area contributed by atoms with Crippen molar-refractivity contribution in [2.24, 2.45) is 5.92 Å². The van der Waals surface area contributed by atoms with Gasteiger partial charge in [-0.05, 0) is 24.3 Å². The van der Waals surface area contributed by atoms with Crippen molar-refractivity contribution < 1.29 is 27.5 Å². The van der Waals surface area contributed by atoms with Crippen LogP contribution in [-0.2, 0) is 9.53 Å². The van der Waals surface area contributed by atoms with Gasteiger partial charge in [0.05, 0.1) is 11.5 Å². The maximum Gasteiger partial charge on any atom is 0.411 e. The van der Waals surface area contributed by atoms with Crippen LogP contribution in [0.25, 0.3) is 0 Å². The Balaban J connectivity index is 1.65. The SMILES string of the molecule is O=C(NCCOCC(F)(F)F)C1CCN(C(=O)c2cccs2)CC1. The molecule has 0 atom stereocenters. The molecule has 134 valence electrons. The first-order chi connectivity index (χ1) is 11.4. The van der Waals surface area contributed by atoms with Crippen LogP contribution >= 0.6 is 11.3 Å². The standard InChI is InChI=1S/C15H19F3N2O3S/c16-15(17,18)10-23-8-5-19-13(21)11-3-6-20(7-4-11)14(22)12-2-1-9-24-12/h1-2,9,11H,3-8,10H2,(H,19,21). The predicted octanol–water partition coefficient (Wildman–Crippen LogP) is 2.30. The summed E-state index contributed by atoms with van der Waals surface area (Å²) >= 11 is 1.38. The van der Waals surface area contributed by atoms with Crippen LogP contribution in [0, 0.1) is 5.92 Å². The first kappa shape index (κ1) is 18.7. The summed E-state index contributed by atoms with van der Waals surface area (Å²) in [7, 11) is 0. The second-order valence-electron chi connectivity index (χ2n) is 5.50. The lowest BCUT2D eigenvalue weighted by Gasteiger charge is -2.31. The van der Waals surface area contributed by atoms with E-state index in [9.17, 15) is 22.8 Å². The summed E-state index contributed by atoms with van der Waals surface area (Å²) in [6, 6.07) is 3.59. The second kappa shape index (κ2) is 8.48. The number of hydrogen-bond donors (Lipinski definition) is 1. The molecular weight excluding hydrogens is 345 g/mol. The molecule has 1 aromatic rings. The molecule has 1 aromatic heterocycles. The van der Waals surface area contributed by atoms with Gasteiger partial charge in [0.15, 0.2) is 0 Å². The zero-order chi connectivity index (χ0) is 17.6. The number of halogens is 3. The van der Waals surface area contributed by atoms with Gasteiger partial charge in [-0.25, -0.2) is 0 Å². The molecule has 0 spiro atoms. The maximum absolute atomic E-state index is 12.2. The Kier molecular flexibility index (Phi) is 6.61. The van der Waals surface area contributed by atoms with Crippen molar-refractivity contribution in [3.8, 4) is 0 Å². The molecule has 5 nitrogen and oxygen atoms in total. The van der Waals surface area contributed by atoms with Gasteiger partial charge in [0.1, 0.15) is 6.61 Å². The van der Waals surface area contributed by atoms with Gasteiger partial charge in [-0.1, -0.05) is 6.07 Å². The van der Waals surface area contributed by atoms with Crippen molar-refractivity contribution in [2.45, 2.75) is 19.0 Å². The molecule has 9 heteroatoms. The molecule has 1 N–H and O–H groups in total. The lowest BCUT2D eigenvalue weighted by atomic mass is 9.96. The number of piperidine rings is 1. The molecule has 1 saturated heterocycles. The normalized spacial score (nSPS) is 16.2. The fourth-order valence-corrected chi connectivity index (χ4v) is 3.17. The molecule has 1 fully saturated rings. The summed E-state index contributed by atoms with van der Waals surface area (Å²) in [6.07, 6.45) is -3.26. The molecule has 0 radical (unpaired) electrons. The molecule has 0 bridgehead atoms. The van der Waals surface area contributed by atoms with Crippen LogP contribution in [0.15, 0.2) is 17.5 Å². The summed E-state index contributed by atoms with van der Waals surface area (Å²) in [5, 5.41) is 4.42. The number of amides is 2. The average molecular weight is 364 g/mol. The number of nitrogens with zero attached hydrogens (tertiary/aromatic N) is 1. The van der Waals surface area contributed by atoms with Crippen LogP contribution in [0.3, 0.4) is 0 Å². The molecule has 1 aliphatic heterocycles. The molecule has 0 aromatic carbocycles. The maximum atomic E-state index is 12.2. The minimum Gasteiger partial charge on any atom is -0.370 e. The Morgan fingerprint density at radius 2 is 2.04 bits per heavy atom. The van der Waals surface area contributed by atoms with E-state index in [1.807, 2.05) is 11.4 Å². The van der Waals surface area contributed by atoms with Gasteiger partial charge < -0.3 is 15.0 Å². The second-order valence-corrected chi connectivity index (χ2v) is 6.45. The number of nitrogens with one attached hydrogen (secondary N) is 1. The van der Waals surface area contributed by atoms with Crippen LogP contribution in [0.2, 0.25) is 0 Å². The monoisotopic (exact) mass is 364 g/mol. The average Bonchev–Trinajstić information content (AvgIpc) is 3.07. The van der Waals surface area contributed by atoms with E-state index >= 15 is 0 Å². The van der Waals surface area contributed by atoms with Crippen molar-refractivity contribution in [3.05, 3.63) is 22.4 Å². The lowest BCUT2D eigenvalue weighted by Crippen LogP contribution is -2.43. The van der Waals surface area contributed by atoms with Crippen LogP contribution < -0.4 is 5.32 Å². The Bertz CT molecular complexity index is 541. The zero-order valence-electron chi connectivity index (χ0n) is 13.0. The number of carbonyl (C=O) groups is 2. The van der Waals surface area contributed by atoms with Gasteiger partial charge >= 0.3 is 6.18 Å². The van der Waals surface area contributed by atoms with Crippen LogP contribution in [0.4, 0.5) is 13.2 Å². The van der Waals surface area contributed by atoms with Crippen molar-refractivity contribution in [1.29, 1.82) is 0 Å². The van der Waals surface area contributed by atoms with Crippen LogP contribution in [-0.4, -0.2) is 55.7 Å². The quantitative estimate of drug-likeness (QED) is 0.788. The molecule has 0 unspecified atom stereocenters. The molecule has 2 rings (SSSR count). The number of likely N-dealkylation sites (tertiary alicyclic amines) is 1. The van der Waals surface area contributed by atoms with E-state index < -0.39 is 12.8 Å². The molecule has 2 heterocycles. The predicted molar refractivity (Wildman–Crippen MR) is 82.8 cm³/mol. The van der Waals surface area contributed by atoms with Crippen molar-refractivity contribution in [1.82, 2.24) is 10.2 Å². The van der Waals surface area contributed by atoms with Gasteiger partial charge in [-0.3, -0.25) is 9.59 Å². The number of carbonyl (C=O) groups excluding carboxylic acids is 2. The summed E-state index contributed by atoms with van der Waals surface area (Å²) in [5.74, 6) is -0.446. The fraction of sp³-hybridized carbons (Fsp3) is 0.600. The Labute approximate surface area is 141 Å². The first-order valence-corrected chi connectivity index (χ1v) is 8.50. The summed E-state index contributed by atoms with van der Waals surface area (Å²) < 4.78 is 40.1. The van der Waals surface area contributed by atoms with E-state index in [0.717, 1.165) is 0 Å². The Morgan fingerprint density at radius 1 is 1.33 bits per heavy atom. The largest absolute Gasteiger partial charge is 0.411 e. The van der Waals surface area contributed by atoms with Gasteiger partial charge in [0.2, 0.25) is 5.91 Å². The third kappa shape index (κ3) is 5.79. The number of alkyl halides is 3. The van der Waals surface area contributed by atoms with Gasteiger partial charge in [0.25, 0.3) is 5.91 Å². The van der Waals surface area contributed by atoms with E-state index in [4.69, 9.17) is 0 Å². The number of ether oxygens (including phenoxy) is 1. The number of hydrogen-bond acceptors (Lipinski definition) is 4. The van der Waals surface area contributed by atoms with Crippen molar-refractivity contribution >= 4 is 23.2 Å². The van der Waals surface area contributed by atoms with E-state index in [2.05, 4.69) is 10.1 Å². The van der Waals surface area contributed by atoms with Gasteiger partial charge in [0, 0.05) is 25.6 Å². The topological polar surface area (TPSA) is 58.6 Å². The molecule has 2 amide bonds. The molecule has 24 heavy (non-hydrogen) atoms. The first-order valence-electron chi connectivity index (χ1n) is 7.62. The lowest BCUT2D eigenvalue weighted by molar-refractivity contribution is -0.173. The molecule has 0 aliphatic carbocycles. The number of rotatable bonds is 6. The van der Waals surface area contributed by atoms with Crippen molar-refractivity contribution in [2.75, 3.05) is 32.8 Å². The van der Waals surface area contributed by atoms with Crippen LogP contribution in [0.5, 0.6) is 0 Å². The summed E-state index contributed by atoms with van der Waals surface area (Å²) in [4.78, 5) is 26.6. The smallest absolute Gasteiger partial charge is 0.370 e. The van der Waals surface area contributed by atoms with E-state index in [1.165, 1.54) is 11.3 Å². The van der Waals surface area contributed by atoms with E-state index in [0.29, 0.717) is 30.8 Å². The third-order valence-corrected chi connectivity index (χ3v) is 4.55. The fourth-order valence-electron chi connectivity index (χ4n) is 2.48. The Morgan fingerprint density at radius 3 is 2.62 bits per heavy atom. The third-order valence-electron chi connectivity index (χ3n) is 3.70. The minimum atomic E-state index is -4.36. The van der Waals surface area contributed by atoms with Gasteiger partial charge in [-0.15, -0.1) is 11.3 Å². The molecular formula is C15H19F3N2O3S. The highest BCUT2D eigenvalue weighted by Gasteiger charge is 2.29. The highest BCUT2D eigenvalue weighted by Crippen LogP contribution is 2.21.